The topological polar surface area (TPSA) is 73.1 Å². The molecule has 2 aromatic carbocycles. The molecule has 5 nitrogen and oxygen atoms in total. The second-order valence-corrected chi connectivity index (χ2v) is 13.5. The molecule has 1 atom stereocenters. The van der Waals surface area contributed by atoms with Gasteiger partial charge in [0.2, 0.25) is 11.8 Å². The van der Waals surface area contributed by atoms with Gasteiger partial charge in [0.05, 0.1) is 5.69 Å². The van der Waals surface area contributed by atoms with Crippen molar-refractivity contribution in [1.29, 1.82) is 0 Å². The van der Waals surface area contributed by atoms with Crippen LogP contribution in [0.25, 0.3) is 11.3 Å². The summed E-state index contributed by atoms with van der Waals surface area (Å²) < 4.78 is 9.75. The molecule has 2 saturated carbocycles. The first kappa shape index (κ1) is 28.9. The molecule has 3 aromatic rings. The van der Waals surface area contributed by atoms with Crippen molar-refractivity contribution in [3.05, 3.63) is 64.7 Å². The van der Waals surface area contributed by atoms with Gasteiger partial charge in [-0.05, 0) is 123 Å². The minimum absolute atomic E-state index is 0.0356. The van der Waals surface area contributed by atoms with Gasteiger partial charge in [0.15, 0.2) is 0 Å². The standard InChI is InChI=1S/C34H46N4OS/c1-6-29-31(30-23(4)9-7-10-24(30)5)36-33(37-32(29)39-21-27(35)17-22(2)3)38-40-28-12-8-11-25(18-28)13-14-26-19-34(20-26)15-16-34/h7-12,18,22,26-27H,6,13-17,19-21,35H2,1-5H3,(H,36,37,38). The van der Waals surface area contributed by atoms with E-state index >= 15 is 0 Å². The average Bonchev–Trinajstić information content (AvgIpc) is 3.70. The van der Waals surface area contributed by atoms with Gasteiger partial charge in [-0.3, -0.25) is 4.72 Å². The molecule has 2 fully saturated rings. The summed E-state index contributed by atoms with van der Waals surface area (Å²) in [5, 5.41) is 0. The fourth-order valence-electron chi connectivity index (χ4n) is 6.40. The summed E-state index contributed by atoms with van der Waals surface area (Å²) in [6.07, 6.45) is 10.0. The molecule has 1 spiro atoms. The third-order valence-electron chi connectivity index (χ3n) is 8.65. The average molecular weight is 559 g/mol. The summed E-state index contributed by atoms with van der Waals surface area (Å²) in [5.74, 6) is 2.63. The van der Waals surface area contributed by atoms with Gasteiger partial charge in [-0.15, -0.1) is 0 Å². The quantitative estimate of drug-likeness (QED) is 0.206. The van der Waals surface area contributed by atoms with Gasteiger partial charge < -0.3 is 10.5 Å². The number of hydrogen-bond donors (Lipinski definition) is 2. The SMILES string of the molecule is CCc1c(OCC(N)CC(C)C)nc(NSc2cccc(CCC3CC4(CC4)C3)c2)nc1-c1c(C)cccc1C. The van der Waals surface area contributed by atoms with Crippen LogP contribution >= 0.6 is 11.9 Å². The maximum Gasteiger partial charge on any atom is 0.237 e. The molecule has 1 aromatic heterocycles. The lowest BCUT2D eigenvalue weighted by Crippen LogP contribution is -2.29. The van der Waals surface area contributed by atoms with Crippen LogP contribution in [-0.4, -0.2) is 22.6 Å². The van der Waals surface area contributed by atoms with Crippen LogP contribution in [-0.2, 0) is 12.8 Å². The van der Waals surface area contributed by atoms with Crippen LogP contribution in [0.1, 0.15) is 81.5 Å². The number of aromatic nitrogens is 2. The summed E-state index contributed by atoms with van der Waals surface area (Å²) in [6, 6.07) is 15.2. The maximum absolute atomic E-state index is 6.38. The van der Waals surface area contributed by atoms with Crippen molar-refractivity contribution < 1.29 is 4.74 Å². The molecule has 2 aliphatic rings. The zero-order valence-corrected chi connectivity index (χ0v) is 25.7. The van der Waals surface area contributed by atoms with Crippen molar-refractivity contribution in [2.45, 2.75) is 96.9 Å². The van der Waals surface area contributed by atoms with Crippen LogP contribution < -0.4 is 15.2 Å². The predicted octanol–water partition coefficient (Wildman–Crippen LogP) is 8.32. The van der Waals surface area contributed by atoms with Crippen LogP contribution in [0.15, 0.2) is 47.4 Å². The predicted molar refractivity (Wildman–Crippen MR) is 168 cm³/mol. The van der Waals surface area contributed by atoms with E-state index in [-0.39, 0.29) is 6.04 Å². The Balaban J connectivity index is 1.34. The number of nitrogens with zero attached hydrogens (tertiary/aromatic N) is 2. The second-order valence-electron chi connectivity index (χ2n) is 12.7. The smallest absolute Gasteiger partial charge is 0.237 e. The first-order valence-electron chi connectivity index (χ1n) is 15.1. The number of nitrogens with one attached hydrogen (secondary N) is 1. The van der Waals surface area contributed by atoms with E-state index in [9.17, 15) is 0 Å². The lowest BCUT2D eigenvalue weighted by atomic mass is 9.70. The molecule has 40 heavy (non-hydrogen) atoms. The Morgan fingerprint density at radius 1 is 1.07 bits per heavy atom. The van der Waals surface area contributed by atoms with Crippen LogP contribution in [0.4, 0.5) is 5.95 Å². The highest BCUT2D eigenvalue weighted by Crippen LogP contribution is 2.64. The van der Waals surface area contributed by atoms with E-state index in [2.05, 4.69) is 81.8 Å². The van der Waals surface area contributed by atoms with Crippen molar-refractivity contribution in [3.63, 3.8) is 0 Å². The summed E-state index contributed by atoms with van der Waals surface area (Å²) in [4.78, 5) is 11.1. The van der Waals surface area contributed by atoms with E-state index in [0.717, 1.165) is 47.4 Å². The molecule has 0 bridgehead atoms. The highest BCUT2D eigenvalue weighted by atomic mass is 32.2. The second kappa shape index (κ2) is 12.5. The molecule has 5 rings (SSSR count). The first-order valence-corrected chi connectivity index (χ1v) is 15.9. The van der Waals surface area contributed by atoms with E-state index < -0.39 is 0 Å². The number of hydrogen-bond acceptors (Lipinski definition) is 6. The molecule has 2 aliphatic carbocycles. The Bertz CT molecular complexity index is 1290. The van der Waals surface area contributed by atoms with Crippen molar-refractivity contribution in [2.75, 3.05) is 11.3 Å². The zero-order chi connectivity index (χ0) is 28.3. The fraction of sp³-hybridized carbons (Fsp3) is 0.529. The van der Waals surface area contributed by atoms with Gasteiger partial charge in [0.1, 0.15) is 6.61 Å². The molecule has 0 amide bonds. The maximum atomic E-state index is 6.38. The molecular formula is C34H46N4OS. The van der Waals surface area contributed by atoms with Crippen LogP contribution in [0.2, 0.25) is 0 Å². The molecule has 0 saturated heterocycles. The van der Waals surface area contributed by atoms with E-state index in [4.69, 9.17) is 20.4 Å². The molecule has 1 heterocycles. The lowest BCUT2D eigenvalue weighted by Gasteiger charge is -2.36. The van der Waals surface area contributed by atoms with Gasteiger partial charge in [0.25, 0.3) is 0 Å². The number of aryl methyl sites for hydroxylation is 3. The number of anilines is 1. The van der Waals surface area contributed by atoms with Crippen LogP contribution in [0.5, 0.6) is 5.88 Å². The zero-order valence-electron chi connectivity index (χ0n) is 24.9. The third-order valence-corrected chi connectivity index (χ3v) is 9.42. The van der Waals surface area contributed by atoms with E-state index in [0.29, 0.717) is 24.4 Å². The largest absolute Gasteiger partial charge is 0.476 e. The van der Waals surface area contributed by atoms with Gasteiger partial charge >= 0.3 is 0 Å². The summed E-state index contributed by atoms with van der Waals surface area (Å²) >= 11 is 1.56. The number of rotatable bonds is 13. The number of nitrogens with two attached hydrogens (primary N) is 1. The van der Waals surface area contributed by atoms with Crippen molar-refractivity contribution in [3.8, 4) is 17.1 Å². The van der Waals surface area contributed by atoms with E-state index in [1.807, 2.05) is 0 Å². The Kier molecular flexibility index (Phi) is 9.06. The van der Waals surface area contributed by atoms with Crippen molar-refractivity contribution in [1.82, 2.24) is 9.97 Å². The minimum Gasteiger partial charge on any atom is -0.476 e. The monoisotopic (exact) mass is 558 g/mol. The normalized spacial score (nSPS) is 16.7. The van der Waals surface area contributed by atoms with Gasteiger partial charge in [-0.25, -0.2) is 4.98 Å². The molecule has 3 N–H and O–H groups in total. The van der Waals surface area contributed by atoms with Gasteiger partial charge in [-0.2, -0.15) is 4.98 Å². The minimum atomic E-state index is -0.0356. The third kappa shape index (κ3) is 7.01. The Morgan fingerprint density at radius 2 is 1.80 bits per heavy atom. The molecule has 214 valence electrons. The molecule has 1 unspecified atom stereocenters. The highest BCUT2D eigenvalue weighted by Gasteiger charge is 2.52. The van der Waals surface area contributed by atoms with E-state index in [1.165, 1.54) is 53.7 Å². The summed E-state index contributed by atoms with van der Waals surface area (Å²) in [5.41, 5.74) is 14.1. The van der Waals surface area contributed by atoms with Crippen molar-refractivity contribution >= 4 is 17.9 Å². The van der Waals surface area contributed by atoms with Crippen LogP contribution in [0, 0.1) is 31.1 Å². The Morgan fingerprint density at radius 3 is 2.48 bits per heavy atom. The first-order chi connectivity index (χ1) is 19.2. The molecule has 0 radical (unpaired) electrons. The number of benzene rings is 2. The van der Waals surface area contributed by atoms with Crippen molar-refractivity contribution in [2.24, 2.45) is 23.0 Å². The highest BCUT2D eigenvalue weighted by molar-refractivity contribution is 8.00. The van der Waals surface area contributed by atoms with Gasteiger partial charge in [-0.1, -0.05) is 51.1 Å². The Labute approximate surface area is 245 Å². The van der Waals surface area contributed by atoms with E-state index in [1.54, 1.807) is 11.9 Å². The number of ether oxygens (including phenoxy) is 1. The summed E-state index contributed by atoms with van der Waals surface area (Å²) in [7, 11) is 0. The molecule has 6 heteroatoms. The van der Waals surface area contributed by atoms with Gasteiger partial charge in [0, 0.05) is 22.1 Å². The van der Waals surface area contributed by atoms with Crippen LogP contribution in [0.3, 0.4) is 0 Å². The molecular weight excluding hydrogens is 512 g/mol. The summed E-state index contributed by atoms with van der Waals surface area (Å²) in [6.45, 7) is 11.2. The molecule has 0 aliphatic heterocycles. The fourth-order valence-corrected chi connectivity index (χ4v) is 7.05. The lowest BCUT2D eigenvalue weighted by molar-refractivity contribution is 0.159. The Hall–Kier alpha value is -2.57.